The summed E-state index contributed by atoms with van der Waals surface area (Å²) in [5.41, 5.74) is 7.16. The van der Waals surface area contributed by atoms with Crippen molar-refractivity contribution < 1.29 is 4.39 Å². The number of nitrogens with one attached hydrogen (secondary N) is 1. The van der Waals surface area contributed by atoms with Crippen molar-refractivity contribution in [1.82, 2.24) is 4.98 Å². The normalized spacial score (nSPS) is 10.9. The van der Waals surface area contributed by atoms with E-state index in [4.69, 9.17) is 5.73 Å². The number of aryl methyl sites for hydroxylation is 1. The Morgan fingerprint density at radius 2 is 2.20 bits per heavy atom. The second-order valence-electron chi connectivity index (χ2n) is 3.45. The molecule has 0 fully saturated rings. The molecule has 0 atom stereocenters. The van der Waals surface area contributed by atoms with Gasteiger partial charge in [-0.2, -0.15) is 0 Å². The standard InChI is InChI=1S/C11H11FN2O/c1-6-8-4-7(12)2-3-10(8)14-11(15)9(6)5-13/h2-4H,5,13H2,1H3,(H,14,15). The highest BCUT2D eigenvalue weighted by Crippen LogP contribution is 2.18. The molecular weight excluding hydrogens is 195 g/mol. The minimum atomic E-state index is -0.319. The number of halogens is 1. The summed E-state index contributed by atoms with van der Waals surface area (Å²) in [6.07, 6.45) is 0. The largest absolute Gasteiger partial charge is 0.326 e. The van der Waals surface area contributed by atoms with Crippen molar-refractivity contribution >= 4 is 10.9 Å². The van der Waals surface area contributed by atoms with Gasteiger partial charge in [0.1, 0.15) is 5.82 Å². The monoisotopic (exact) mass is 206 g/mol. The second kappa shape index (κ2) is 3.47. The van der Waals surface area contributed by atoms with Gasteiger partial charge in [0.05, 0.1) is 0 Å². The van der Waals surface area contributed by atoms with Gasteiger partial charge in [-0.1, -0.05) is 0 Å². The Balaban J connectivity index is 2.92. The molecule has 2 rings (SSSR count). The van der Waals surface area contributed by atoms with Gasteiger partial charge >= 0.3 is 0 Å². The van der Waals surface area contributed by atoms with Gasteiger partial charge in [0.2, 0.25) is 0 Å². The molecule has 3 nitrogen and oxygen atoms in total. The van der Waals surface area contributed by atoms with Crippen LogP contribution in [0.15, 0.2) is 23.0 Å². The zero-order valence-corrected chi connectivity index (χ0v) is 8.30. The molecule has 0 saturated heterocycles. The Bertz CT molecular complexity index is 575. The van der Waals surface area contributed by atoms with E-state index in [1.165, 1.54) is 12.1 Å². The first-order valence-corrected chi connectivity index (χ1v) is 4.64. The first-order chi connectivity index (χ1) is 7.13. The van der Waals surface area contributed by atoms with Crippen molar-refractivity contribution in [3.8, 4) is 0 Å². The molecule has 0 bridgehead atoms. The van der Waals surface area contributed by atoms with Crippen LogP contribution in [0.25, 0.3) is 10.9 Å². The summed E-state index contributed by atoms with van der Waals surface area (Å²) >= 11 is 0. The number of nitrogens with two attached hydrogens (primary N) is 1. The number of benzene rings is 1. The summed E-state index contributed by atoms with van der Waals surface area (Å²) in [6.45, 7) is 1.94. The minimum Gasteiger partial charge on any atom is -0.326 e. The summed E-state index contributed by atoms with van der Waals surface area (Å²) in [7, 11) is 0. The van der Waals surface area contributed by atoms with Crippen molar-refractivity contribution in [3.63, 3.8) is 0 Å². The number of aromatic amines is 1. The molecule has 2 aromatic rings. The van der Waals surface area contributed by atoms with Gasteiger partial charge in [-0.15, -0.1) is 0 Å². The topological polar surface area (TPSA) is 58.9 Å². The molecule has 1 heterocycles. The smallest absolute Gasteiger partial charge is 0.253 e. The van der Waals surface area contributed by atoms with Crippen molar-refractivity contribution in [3.05, 3.63) is 45.5 Å². The third kappa shape index (κ3) is 1.53. The number of hydrogen-bond donors (Lipinski definition) is 2. The molecule has 1 aromatic heterocycles. The predicted octanol–water partition coefficient (Wildman–Crippen LogP) is 1.43. The molecule has 15 heavy (non-hydrogen) atoms. The Hall–Kier alpha value is -1.68. The highest BCUT2D eigenvalue weighted by Gasteiger charge is 2.07. The molecule has 0 amide bonds. The van der Waals surface area contributed by atoms with E-state index in [-0.39, 0.29) is 17.9 Å². The van der Waals surface area contributed by atoms with E-state index in [0.717, 1.165) is 5.56 Å². The van der Waals surface area contributed by atoms with Crippen LogP contribution in [0.1, 0.15) is 11.1 Å². The molecule has 0 saturated carbocycles. The lowest BCUT2D eigenvalue weighted by molar-refractivity contribution is 0.629. The number of H-pyrrole nitrogens is 1. The first-order valence-electron chi connectivity index (χ1n) is 4.64. The van der Waals surface area contributed by atoms with Gasteiger partial charge in [0.25, 0.3) is 5.56 Å². The molecule has 0 aliphatic carbocycles. The van der Waals surface area contributed by atoms with Gasteiger partial charge in [-0.25, -0.2) is 4.39 Å². The van der Waals surface area contributed by atoms with Crippen LogP contribution >= 0.6 is 0 Å². The Morgan fingerprint density at radius 1 is 1.47 bits per heavy atom. The van der Waals surface area contributed by atoms with Crippen molar-refractivity contribution in [1.29, 1.82) is 0 Å². The van der Waals surface area contributed by atoms with Gasteiger partial charge < -0.3 is 10.7 Å². The van der Waals surface area contributed by atoms with Gasteiger partial charge in [0.15, 0.2) is 0 Å². The van der Waals surface area contributed by atoms with Crippen molar-refractivity contribution in [2.45, 2.75) is 13.5 Å². The highest BCUT2D eigenvalue weighted by molar-refractivity contribution is 5.82. The molecule has 4 heteroatoms. The van der Waals surface area contributed by atoms with Crippen LogP contribution in [0.3, 0.4) is 0 Å². The maximum Gasteiger partial charge on any atom is 0.253 e. The molecule has 78 valence electrons. The van der Waals surface area contributed by atoms with Crippen LogP contribution in [-0.2, 0) is 6.54 Å². The minimum absolute atomic E-state index is 0.160. The molecule has 0 aliphatic rings. The number of rotatable bonds is 1. The van der Waals surface area contributed by atoms with Crippen LogP contribution in [0.2, 0.25) is 0 Å². The van der Waals surface area contributed by atoms with E-state index >= 15 is 0 Å². The highest BCUT2D eigenvalue weighted by atomic mass is 19.1. The van der Waals surface area contributed by atoms with Crippen molar-refractivity contribution in [2.24, 2.45) is 5.73 Å². The quantitative estimate of drug-likeness (QED) is 0.741. The molecule has 3 N–H and O–H groups in total. The lowest BCUT2D eigenvalue weighted by atomic mass is 10.0. The van der Waals surface area contributed by atoms with Crippen LogP contribution in [0, 0.1) is 12.7 Å². The third-order valence-electron chi connectivity index (χ3n) is 2.56. The summed E-state index contributed by atoms with van der Waals surface area (Å²) in [5.74, 6) is -0.319. The number of hydrogen-bond acceptors (Lipinski definition) is 2. The number of pyridine rings is 1. The lowest BCUT2D eigenvalue weighted by Gasteiger charge is -2.06. The van der Waals surface area contributed by atoms with Crippen LogP contribution in [0.5, 0.6) is 0 Å². The molecule has 0 unspecified atom stereocenters. The second-order valence-corrected chi connectivity index (χ2v) is 3.45. The Labute approximate surface area is 85.7 Å². The average molecular weight is 206 g/mol. The Kier molecular flexibility index (Phi) is 2.28. The zero-order valence-electron chi connectivity index (χ0n) is 8.30. The predicted molar refractivity (Wildman–Crippen MR) is 57.2 cm³/mol. The van der Waals surface area contributed by atoms with E-state index < -0.39 is 0 Å². The van der Waals surface area contributed by atoms with Crippen molar-refractivity contribution in [2.75, 3.05) is 0 Å². The van der Waals surface area contributed by atoms with E-state index in [1.807, 2.05) is 0 Å². The fourth-order valence-corrected chi connectivity index (χ4v) is 1.71. The molecule has 0 aliphatic heterocycles. The lowest BCUT2D eigenvalue weighted by Crippen LogP contribution is -2.18. The molecule has 0 radical (unpaired) electrons. The van der Waals surface area contributed by atoms with Crippen LogP contribution < -0.4 is 11.3 Å². The fraction of sp³-hybridized carbons (Fsp3) is 0.182. The van der Waals surface area contributed by atoms with E-state index in [9.17, 15) is 9.18 Å². The first kappa shape index (κ1) is 9.86. The van der Waals surface area contributed by atoms with E-state index in [0.29, 0.717) is 16.5 Å². The van der Waals surface area contributed by atoms with Gasteiger partial charge in [-0.05, 0) is 30.7 Å². The van der Waals surface area contributed by atoms with E-state index in [2.05, 4.69) is 4.98 Å². The summed E-state index contributed by atoms with van der Waals surface area (Å²) in [5, 5.41) is 0.704. The molecular formula is C11H11FN2O. The molecule has 1 aromatic carbocycles. The fourth-order valence-electron chi connectivity index (χ4n) is 1.71. The summed E-state index contributed by atoms with van der Waals surface area (Å²) in [6, 6.07) is 4.28. The van der Waals surface area contributed by atoms with E-state index in [1.54, 1.807) is 13.0 Å². The van der Waals surface area contributed by atoms with Crippen LogP contribution in [-0.4, -0.2) is 4.98 Å². The number of fused-ring (bicyclic) bond motifs is 1. The van der Waals surface area contributed by atoms with Gasteiger partial charge in [-0.3, -0.25) is 4.79 Å². The van der Waals surface area contributed by atoms with Crippen LogP contribution in [0.4, 0.5) is 4.39 Å². The zero-order chi connectivity index (χ0) is 11.0. The molecule has 0 spiro atoms. The van der Waals surface area contributed by atoms with Gasteiger partial charge in [0, 0.05) is 23.0 Å². The Morgan fingerprint density at radius 3 is 2.87 bits per heavy atom. The summed E-state index contributed by atoms with van der Waals surface area (Å²) in [4.78, 5) is 14.2. The average Bonchev–Trinajstić information content (AvgIpc) is 2.20. The number of aromatic nitrogens is 1. The SMILES string of the molecule is Cc1c(CN)c(=O)[nH]c2ccc(F)cc12. The summed E-state index contributed by atoms with van der Waals surface area (Å²) < 4.78 is 13.0. The maximum absolute atomic E-state index is 13.0. The maximum atomic E-state index is 13.0. The third-order valence-corrected chi connectivity index (χ3v) is 2.56.